The van der Waals surface area contributed by atoms with E-state index in [1.807, 2.05) is 11.1 Å². The number of hydrogen-bond acceptors (Lipinski definition) is 5. The molecule has 3 heterocycles. The number of H-pyrrole nitrogens is 1. The second-order valence-electron chi connectivity index (χ2n) is 7.30. The summed E-state index contributed by atoms with van der Waals surface area (Å²) in [6, 6.07) is 6.53. The second kappa shape index (κ2) is 8.46. The fourth-order valence-electron chi connectivity index (χ4n) is 3.79. The van der Waals surface area contributed by atoms with Crippen LogP contribution < -0.4 is 10.6 Å². The van der Waals surface area contributed by atoms with Crippen LogP contribution in [0, 0.1) is 5.82 Å². The number of pyridine rings is 1. The number of amides is 1. The number of rotatable bonds is 6. The van der Waals surface area contributed by atoms with Crippen molar-refractivity contribution in [2.75, 3.05) is 30.3 Å². The molecule has 0 radical (unpaired) electrons. The third-order valence-electron chi connectivity index (χ3n) is 5.37. The maximum Gasteiger partial charge on any atom is 0.241 e. The molecule has 1 aromatic carbocycles. The molecule has 0 saturated carbocycles. The Hall–Kier alpha value is -3.16. The first-order valence-corrected chi connectivity index (χ1v) is 9.99. The Balaban J connectivity index is 1.42. The molecule has 1 saturated heterocycles. The van der Waals surface area contributed by atoms with E-state index in [1.165, 1.54) is 6.07 Å². The van der Waals surface area contributed by atoms with Gasteiger partial charge in [-0.2, -0.15) is 5.10 Å². The molecule has 3 N–H and O–H groups in total. The van der Waals surface area contributed by atoms with Gasteiger partial charge < -0.3 is 15.5 Å². The minimum Gasteiger partial charge on any atom is -0.380 e. The first-order chi connectivity index (χ1) is 14.2. The lowest BCUT2D eigenvalue weighted by molar-refractivity contribution is -0.130. The van der Waals surface area contributed by atoms with Gasteiger partial charge in [-0.05, 0) is 37.0 Å². The topological polar surface area (TPSA) is 85.9 Å². The summed E-state index contributed by atoms with van der Waals surface area (Å²) < 4.78 is 13.7. The molecule has 4 rings (SSSR count). The second-order valence-corrected chi connectivity index (χ2v) is 7.30. The summed E-state index contributed by atoms with van der Waals surface area (Å²) in [6.07, 6.45) is 6.42. The number of fused-ring (bicyclic) bond motifs is 1. The van der Waals surface area contributed by atoms with Crippen LogP contribution in [0.2, 0.25) is 0 Å². The summed E-state index contributed by atoms with van der Waals surface area (Å²) in [4.78, 5) is 18.9. The lowest BCUT2D eigenvalue weighted by atomic mass is 10.0. The van der Waals surface area contributed by atoms with Gasteiger partial charge in [-0.3, -0.25) is 9.89 Å². The number of halogens is 1. The number of aromatic amines is 1. The van der Waals surface area contributed by atoms with E-state index in [4.69, 9.17) is 0 Å². The van der Waals surface area contributed by atoms with E-state index in [-0.39, 0.29) is 24.3 Å². The minimum atomic E-state index is -0.354. The fourth-order valence-corrected chi connectivity index (χ4v) is 3.79. The molecule has 1 aliphatic heterocycles. The van der Waals surface area contributed by atoms with Crippen molar-refractivity contribution >= 4 is 28.3 Å². The third kappa shape index (κ3) is 4.16. The molecule has 2 aromatic heterocycles. The van der Waals surface area contributed by atoms with Gasteiger partial charge in [0.1, 0.15) is 5.82 Å². The van der Waals surface area contributed by atoms with Crippen molar-refractivity contribution in [2.24, 2.45) is 0 Å². The smallest absolute Gasteiger partial charge is 0.241 e. The van der Waals surface area contributed by atoms with Gasteiger partial charge in [-0.25, -0.2) is 9.37 Å². The summed E-state index contributed by atoms with van der Waals surface area (Å²) >= 11 is 0. The molecule has 1 amide bonds. The SMILES string of the molecule is CCc1cnc2[nH]ncc2c1NC1CCCN(C(=O)CNc2ccccc2F)C1. The predicted molar refractivity (Wildman–Crippen MR) is 111 cm³/mol. The van der Waals surface area contributed by atoms with E-state index in [2.05, 4.69) is 32.7 Å². The molecule has 0 bridgehead atoms. The van der Waals surface area contributed by atoms with Crippen LogP contribution in [0.3, 0.4) is 0 Å². The van der Waals surface area contributed by atoms with E-state index in [9.17, 15) is 9.18 Å². The largest absolute Gasteiger partial charge is 0.380 e. The van der Waals surface area contributed by atoms with Crippen LogP contribution in [0.4, 0.5) is 15.8 Å². The molecule has 7 nitrogen and oxygen atoms in total. The van der Waals surface area contributed by atoms with Crippen molar-refractivity contribution in [3.05, 3.63) is 48.0 Å². The highest BCUT2D eigenvalue weighted by Gasteiger charge is 2.24. The maximum absolute atomic E-state index is 13.7. The molecule has 0 aliphatic carbocycles. The molecular formula is C21H25FN6O. The van der Waals surface area contributed by atoms with Crippen LogP contribution >= 0.6 is 0 Å². The highest BCUT2D eigenvalue weighted by Crippen LogP contribution is 2.27. The summed E-state index contributed by atoms with van der Waals surface area (Å²) in [5, 5.41) is 14.5. The van der Waals surface area contributed by atoms with Crippen LogP contribution in [-0.2, 0) is 11.2 Å². The zero-order valence-corrected chi connectivity index (χ0v) is 16.4. The lowest BCUT2D eigenvalue weighted by Gasteiger charge is -2.34. The van der Waals surface area contributed by atoms with E-state index < -0.39 is 0 Å². The molecule has 0 spiro atoms. The van der Waals surface area contributed by atoms with E-state index >= 15 is 0 Å². The number of nitrogens with one attached hydrogen (secondary N) is 3. The highest BCUT2D eigenvalue weighted by atomic mass is 19.1. The lowest BCUT2D eigenvalue weighted by Crippen LogP contribution is -2.47. The summed E-state index contributed by atoms with van der Waals surface area (Å²) in [6.45, 7) is 3.50. The molecule has 1 unspecified atom stereocenters. The number of nitrogens with zero attached hydrogens (tertiary/aromatic N) is 3. The first kappa shape index (κ1) is 19.2. The molecule has 1 aliphatic rings. The third-order valence-corrected chi connectivity index (χ3v) is 5.37. The van der Waals surface area contributed by atoms with Crippen molar-refractivity contribution in [3.63, 3.8) is 0 Å². The Labute approximate surface area is 168 Å². The Morgan fingerprint density at radius 2 is 2.21 bits per heavy atom. The number of para-hydroxylation sites is 1. The molecule has 1 fully saturated rings. The van der Waals surface area contributed by atoms with Crippen LogP contribution in [0.15, 0.2) is 36.7 Å². The number of aromatic nitrogens is 3. The first-order valence-electron chi connectivity index (χ1n) is 9.99. The van der Waals surface area contributed by atoms with Crippen LogP contribution in [0.1, 0.15) is 25.3 Å². The van der Waals surface area contributed by atoms with E-state index in [0.29, 0.717) is 18.8 Å². The maximum atomic E-state index is 13.7. The van der Waals surface area contributed by atoms with Gasteiger partial charge in [0.05, 0.1) is 29.5 Å². The predicted octanol–water partition coefficient (Wildman–Crippen LogP) is 3.17. The summed E-state index contributed by atoms with van der Waals surface area (Å²) in [5.74, 6) is -0.383. The van der Waals surface area contributed by atoms with Crippen molar-refractivity contribution in [2.45, 2.75) is 32.2 Å². The molecule has 1 atom stereocenters. The average Bonchev–Trinajstić information content (AvgIpc) is 3.23. The Morgan fingerprint density at radius 1 is 1.34 bits per heavy atom. The number of likely N-dealkylation sites (tertiary alicyclic amines) is 1. The Kier molecular flexibility index (Phi) is 5.59. The number of anilines is 2. The van der Waals surface area contributed by atoms with Gasteiger partial charge in [0.2, 0.25) is 5.91 Å². The molecule has 8 heteroatoms. The van der Waals surface area contributed by atoms with Crippen LogP contribution in [0.5, 0.6) is 0 Å². The molecule has 152 valence electrons. The van der Waals surface area contributed by atoms with Gasteiger partial charge in [0.25, 0.3) is 0 Å². The average molecular weight is 396 g/mol. The quantitative estimate of drug-likeness (QED) is 0.596. The number of piperidine rings is 1. The van der Waals surface area contributed by atoms with Crippen molar-refractivity contribution in [3.8, 4) is 0 Å². The zero-order chi connectivity index (χ0) is 20.2. The Bertz CT molecular complexity index is 1000. The fraction of sp³-hybridized carbons (Fsp3) is 0.381. The van der Waals surface area contributed by atoms with E-state index in [1.54, 1.807) is 24.4 Å². The molecular weight excluding hydrogens is 371 g/mol. The summed E-state index contributed by atoms with van der Waals surface area (Å²) in [7, 11) is 0. The van der Waals surface area contributed by atoms with Gasteiger partial charge in [-0.15, -0.1) is 0 Å². The van der Waals surface area contributed by atoms with Gasteiger partial charge in [-0.1, -0.05) is 19.1 Å². The van der Waals surface area contributed by atoms with E-state index in [0.717, 1.165) is 41.5 Å². The standard InChI is InChI=1S/C21H25FN6O/c1-2-14-10-24-21-16(11-25-27-21)20(14)26-15-6-5-9-28(13-15)19(29)12-23-18-8-4-3-7-17(18)22/h3-4,7-8,10-11,15,23H,2,5-6,9,12-13H2,1H3,(H2,24,25,26,27). The van der Waals surface area contributed by atoms with Crippen molar-refractivity contribution < 1.29 is 9.18 Å². The highest BCUT2D eigenvalue weighted by molar-refractivity contribution is 5.90. The van der Waals surface area contributed by atoms with Crippen molar-refractivity contribution in [1.29, 1.82) is 0 Å². The van der Waals surface area contributed by atoms with Gasteiger partial charge >= 0.3 is 0 Å². The zero-order valence-electron chi connectivity index (χ0n) is 16.4. The number of benzene rings is 1. The molecule has 29 heavy (non-hydrogen) atoms. The molecule has 3 aromatic rings. The number of carbonyl (C=O) groups excluding carboxylic acids is 1. The minimum absolute atomic E-state index is 0.0290. The number of carbonyl (C=O) groups is 1. The number of aryl methyl sites for hydroxylation is 1. The van der Waals surface area contributed by atoms with Crippen molar-refractivity contribution in [1.82, 2.24) is 20.1 Å². The number of hydrogen-bond donors (Lipinski definition) is 3. The monoisotopic (exact) mass is 396 g/mol. The summed E-state index contributed by atoms with van der Waals surface area (Å²) in [5.41, 5.74) is 3.26. The van der Waals surface area contributed by atoms with Crippen LogP contribution in [-0.4, -0.2) is 51.7 Å². The van der Waals surface area contributed by atoms with Gasteiger partial charge in [0, 0.05) is 25.3 Å². The van der Waals surface area contributed by atoms with Crippen LogP contribution in [0.25, 0.3) is 11.0 Å². The van der Waals surface area contributed by atoms with Gasteiger partial charge in [0.15, 0.2) is 5.65 Å². The Morgan fingerprint density at radius 3 is 3.03 bits per heavy atom. The normalized spacial score (nSPS) is 16.8.